The van der Waals surface area contributed by atoms with Gasteiger partial charge in [0.1, 0.15) is 0 Å². The predicted molar refractivity (Wildman–Crippen MR) is 104 cm³/mol. The van der Waals surface area contributed by atoms with Gasteiger partial charge in [0, 0.05) is 58.3 Å². The molecule has 2 amide bonds. The molecule has 2 aliphatic rings. The van der Waals surface area contributed by atoms with Gasteiger partial charge in [-0.15, -0.1) is 0 Å². The van der Waals surface area contributed by atoms with E-state index in [1.165, 1.54) is 5.56 Å². The summed E-state index contributed by atoms with van der Waals surface area (Å²) < 4.78 is 5.59. The molecule has 0 aromatic heterocycles. The molecule has 3 rings (SSSR count). The number of carbonyl (C=O) groups excluding carboxylic acids is 2. The maximum atomic E-state index is 12.8. The first kappa shape index (κ1) is 19.8. The van der Waals surface area contributed by atoms with Crippen LogP contribution in [0.1, 0.15) is 32.3 Å². The van der Waals surface area contributed by atoms with Crippen LogP contribution in [0.25, 0.3) is 0 Å². The van der Waals surface area contributed by atoms with E-state index >= 15 is 0 Å². The van der Waals surface area contributed by atoms with Crippen LogP contribution < -0.4 is 5.32 Å². The van der Waals surface area contributed by atoms with Crippen LogP contribution in [-0.2, 0) is 19.7 Å². The van der Waals surface area contributed by atoms with Crippen LogP contribution in [0.3, 0.4) is 0 Å². The van der Waals surface area contributed by atoms with E-state index in [0.717, 1.165) is 32.6 Å². The van der Waals surface area contributed by atoms with Crippen LogP contribution in [-0.4, -0.2) is 73.6 Å². The average molecular weight is 373 g/mol. The minimum absolute atomic E-state index is 0.0153. The van der Waals surface area contributed by atoms with E-state index in [1.54, 1.807) is 11.8 Å². The monoisotopic (exact) mass is 373 g/mol. The number of hydrogen-bond acceptors (Lipinski definition) is 4. The minimum Gasteiger partial charge on any atom is -0.381 e. The van der Waals surface area contributed by atoms with Gasteiger partial charge in [-0.3, -0.25) is 9.59 Å². The second-order valence-corrected chi connectivity index (χ2v) is 7.69. The Morgan fingerprint density at radius 1 is 1.07 bits per heavy atom. The summed E-state index contributed by atoms with van der Waals surface area (Å²) in [5.74, 6) is 0.200. The first-order valence-corrected chi connectivity index (χ1v) is 9.93. The quantitative estimate of drug-likeness (QED) is 0.848. The lowest BCUT2D eigenvalue weighted by molar-refractivity contribution is -0.139. The zero-order valence-corrected chi connectivity index (χ0v) is 16.4. The fourth-order valence-corrected chi connectivity index (χ4v) is 4.07. The Bertz CT molecular complexity index is 635. The normalized spacial score (nSPS) is 21.0. The molecule has 1 aromatic carbocycles. The zero-order valence-electron chi connectivity index (χ0n) is 16.4. The molecule has 6 heteroatoms. The summed E-state index contributed by atoms with van der Waals surface area (Å²) in [7, 11) is 0. The fraction of sp³-hybridized carbons (Fsp3) is 0.619. The summed E-state index contributed by atoms with van der Waals surface area (Å²) in [5.41, 5.74) is 1.33. The molecule has 2 heterocycles. The lowest BCUT2D eigenvalue weighted by Gasteiger charge is -2.40. The van der Waals surface area contributed by atoms with Gasteiger partial charge in [0.2, 0.25) is 11.8 Å². The van der Waals surface area contributed by atoms with E-state index in [0.29, 0.717) is 26.2 Å². The molecule has 2 fully saturated rings. The van der Waals surface area contributed by atoms with Gasteiger partial charge in [-0.1, -0.05) is 30.3 Å². The van der Waals surface area contributed by atoms with Crippen LogP contribution >= 0.6 is 0 Å². The molecular weight excluding hydrogens is 342 g/mol. The SMILES string of the molecule is CC(=O)N1CCN(C(=O)C(C)NCC2(c3ccccc3)CCOCC2)CC1. The Labute approximate surface area is 161 Å². The molecule has 6 nitrogen and oxygen atoms in total. The summed E-state index contributed by atoms with van der Waals surface area (Å²) in [4.78, 5) is 28.0. The van der Waals surface area contributed by atoms with Crippen molar-refractivity contribution in [3.05, 3.63) is 35.9 Å². The van der Waals surface area contributed by atoms with Crippen LogP contribution in [0.15, 0.2) is 30.3 Å². The van der Waals surface area contributed by atoms with Crippen molar-refractivity contribution < 1.29 is 14.3 Å². The Hall–Kier alpha value is -1.92. The molecule has 1 atom stereocenters. The number of amides is 2. The molecular formula is C21H31N3O3. The third kappa shape index (κ3) is 4.68. The van der Waals surface area contributed by atoms with E-state index < -0.39 is 0 Å². The van der Waals surface area contributed by atoms with Crippen molar-refractivity contribution in [2.45, 2.75) is 38.1 Å². The molecule has 2 aliphatic heterocycles. The average Bonchev–Trinajstić information content (AvgIpc) is 2.73. The van der Waals surface area contributed by atoms with Crippen LogP contribution in [0.4, 0.5) is 0 Å². The molecule has 1 aromatic rings. The van der Waals surface area contributed by atoms with Gasteiger partial charge in [0.05, 0.1) is 6.04 Å². The standard InChI is InChI=1S/C21H31N3O3/c1-17(20(26)24-12-10-23(11-13-24)18(2)25)22-16-21(8-14-27-15-9-21)19-6-4-3-5-7-19/h3-7,17,22H,8-16H2,1-2H3. The highest BCUT2D eigenvalue weighted by atomic mass is 16.5. The van der Waals surface area contributed by atoms with Crippen molar-refractivity contribution in [1.82, 2.24) is 15.1 Å². The first-order valence-electron chi connectivity index (χ1n) is 9.93. The topological polar surface area (TPSA) is 61.9 Å². The third-order valence-corrected chi connectivity index (χ3v) is 5.99. The Balaban J connectivity index is 1.59. The number of piperazine rings is 1. The maximum Gasteiger partial charge on any atom is 0.239 e. The van der Waals surface area contributed by atoms with Gasteiger partial charge in [-0.2, -0.15) is 0 Å². The number of nitrogens with one attached hydrogen (secondary N) is 1. The lowest BCUT2D eigenvalue weighted by Crippen LogP contribution is -2.55. The van der Waals surface area contributed by atoms with Gasteiger partial charge in [0.15, 0.2) is 0 Å². The molecule has 0 saturated carbocycles. The highest BCUT2D eigenvalue weighted by molar-refractivity contribution is 5.82. The van der Waals surface area contributed by atoms with Gasteiger partial charge < -0.3 is 19.9 Å². The van der Waals surface area contributed by atoms with Gasteiger partial charge in [0.25, 0.3) is 0 Å². The van der Waals surface area contributed by atoms with Gasteiger partial charge >= 0.3 is 0 Å². The molecule has 0 aliphatic carbocycles. The molecule has 1 unspecified atom stereocenters. The smallest absolute Gasteiger partial charge is 0.239 e. The van der Waals surface area contributed by atoms with E-state index in [2.05, 4.69) is 29.6 Å². The molecule has 0 spiro atoms. The summed E-state index contributed by atoms with van der Waals surface area (Å²) in [6.07, 6.45) is 1.92. The van der Waals surface area contributed by atoms with E-state index in [9.17, 15) is 9.59 Å². The summed E-state index contributed by atoms with van der Waals surface area (Å²) in [6, 6.07) is 10.3. The molecule has 1 N–H and O–H groups in total. The summed E-state index contributed by atoms with van der Waals surface area (Å²) in [5, 5.41) is 3.50. The minimum atomic E-state index is -0.239. The zero-order chi connectivity index (χ0) is 19.3. The van der Waals surface area contributed by atoms with Crippen molar-refractivity contribution in [1.29, 1.82) is 0 Å². The van der Waals surface area contributed by atoms with Gasteiger partial charge in [-0.05, 0) is 25.3 Å². The predicted octanol–water partition coefficient (Wildman–Crippen LogP) is 1.40. The second-order valence-electron chi connectivity index (χ2n) is 7.69. The van der Waals surface area contributed by atoms with Crippen LogP contribution in [0.5, 0.6) is 0 Å². The van der Waals surface area contributed by atoms with Crippen LogP contribution in [0.2, 0.25) is 0 Å². The number of ether oxygens (including phenoxy) is 1. The largest absolute Gasteiger partial charge is 0.381 e. The second kappa shape index (κ2) is 8.85. The number of carbonyl (C=O) groups is 2. The van der Waals surface area contributed by atoms with Crippen LogP contribution in [0, 0.1) is 0 Å². The van der Waals surface area contributed by atoms with Crippen molar-refractivity contribution in [3.63, 3.8) is 0 Å². The van der Waals surface area contributed by atoms with E-state index in [-0.39, 0.29) is 23.3 Å². The van der Waals surface area contributed by atoms with E-state index in [4.69, 9.17) is 4.74 Å². The van der Waals surface area contributed by atoms with Gasteiger partial charge in [-0.25, -0.2) is 0 Å². The molecule has 148 valence electrons. The molecule has 2 saturated heterocycles. The summed E-state index contributed by atoms with van der Waals surface area (Å²) in [6.45, 7) is 8.27. The number of rotatable bonds is 5. The third-order valence-electron chi connectivity index (χ3n) is 5.99. The van der Waals surface area contributed by atoms with Crippen molar-refractivity contribution in [2.24, 2.45) is 0 Å². The Morgan fingerprint density at radius 2 is 1.67 bits per heavy atom. The number of hydrogen-bond donors (Lipinski definition) is 1. The number of benzene rings is 1. The first-order chi connectivity index (χ1) is 13.0. The van der Waals surface area contributed by atoms with Crippen molar-refractivity contribution in [2.75, 3.05) is 45.9 Å². The Kier molecular flexibility index (Phi) is 6.50. The maximum absolute atomic E-state index is 12.8. The van der Waals surface area contributed by atoms with Crippen molar-refractivity contribution >= 4 is 11.8 Å². The molecule has 0 bridgehead atoms. The van der Waals surface area contributed by atoms with E-state index in [1.807, 2.05) is 17.9 Å². The lowest BCUT2D eigenvalue weighted by atomic mass is 9.74. The highest BCUT2D eigenvalue weighted by Gasteiger charge is 2.35. The molecule has 27 heavy (non-hydrogen) atoms. The van der Waals surface area contributed by atoms with Crippen molar-refractivity contribution in [3.8, 4) is 0 Å². The molecule has 0 radical (unpaired) electrons. The fourth-order valence-electron chi connectivity index (χ4n) is 4.07. The summed E-state index contributed by atoms with van der Waals surface area (Å²) >= 11 is 0. The number of nitrogens with zero attached hydrogens (tertiary/aromatic N) is 2. The Morgan fingerprint density at radius 3 is 2.26 bits per heavy atom. The highest BCUT2D eigenvalue weighted by Crippen LogP contribution is 2.34.